The minimum atomic E-state index is -0.0841. The average molecular weight is 235 g/mol. The summed E-state index contributed by atoms with van der Waals surface area (Å²) in [6.07, 6.45) is 0.0373. The molecule has 0 spiro atoms. The van der Waals surface area contributed by atoms with E-state index in [1.807, 2.05) is 13.8 Å². The smallest absolute Gasteiger partial charge is 0.328 e. The molecule has 0 radical (unpaired) electrons. The number of rotatable bonds is 2. The third-order valence-electron chi connectivity index (χ3n) is 2.71. The average Bonchev–Trinajstić information content (AvgIpc) is 2.43. The zero-order valence-electron chi connectivity index (χ0n) is 10.5. The maximum atomic E-state index is 11.9. The number of hydrogen-bond donors (Lipinski definition) is 1. The maximum absolute atomic E-state index is 11.9. The second kappa shape index (κ2) is 3.84. The first-order chi connectivity index (χ1) is 7.91. The van der Waals surface area contributed by atoms with Gasteiger partial charge in [-0.2, -0.15) is 0 Å². The van der Waals surface area contributed by atoms with Crippen LogP contribution in [0.25, 0.3) is 11.0 Å². The Kier molecular flexibility index (Phi) is 2.61. The summed E-state index contributed by atoms with van der Waals surface area (Å²) in [7, 11) is 3.46. The van der Waals surface area contributed by atoms with Crippen molar-refractivity contribution in [1.29, 1.82) is 0 Å². The Hall–Kier alpha value is -1.91. The summed E-state index contributed by atoms with van der Waals surface area (Å²) in [6.45, 7) is 3.88. The van der Waals surface area contributed by atoms with Crippen LogP contribution in [0.4, 0.5) is 5.69 Å². The molecule has 0 aliphatic carbocycles. The number of nitrogens with zero attached hydrogens (tertiary/aromatic N) is 2. The molecular formula is C12H17N3O2. The largest absolute Gasteiger partial charge is 0.489 e. The highest BCUT2D eigenvalue weighted by Gasteiger charge is 2.14. The van der Waals surface area contributed by atoms with Crippen molar-refractivity contribution in [2.45, 2.75) is 20.0 Å². The number of hydrogen-bond acceptors (Lipinski definition) is 3. The van der Waals surface area contributed by atoms with Crippen molar-refractivity contribution < 1.29 is 4.74 Å². The molecule has 92 valence electrons. The lowest BCUT2D eigenvalue weighted by Gasteiger charge is -2.12. The third kappa shape index (κ3) is 1.77. The van der Waals surface area contributed by atoms with Crippen LogP contribution in [0.1, 0.15) is 13.8 Å². The lowest BCUT2D eigenvalue weighted by atomic mass is 10.2. The maximum Gasteiger partial charge on any atom is 0.328 e. The van der Waals surface area contributed by atoms with Crippen LogP contribution in [0, 0.1) is 0 Å². The van der Waals surface area contributed by atoms with E-state index in [0.29, 0.717) is 11.4 Å². The van der Waals surface area contributed by atoms with Gasteiger partial charge in [0.25, 0.3) is 0 Å². The highest BCUT2D eigenvalue weighted by Crippen LogP contribution is 2.28. The molecule has 1 heterocycles. The van der Waals surface area contributed by atoms with Crippen LogP contribution in [0.15, 0.2) is 16.9 Å². The zero-order chi connectivity index (χ0) is 12.7. The highest BCUT2D eigenvalue weighted by atomic mass is 16.5. The summed E-state index contributed by atoms with van der Waals surface area (Å²) in [6, 6.07) is 3.53. The Balaban J connectivity index is 2.83. The monoisotopic (exact) mass is 235 g/mol. The van der Waals surface area contributed by atoms with Gasteiger partial charge in [-0.3, -0.25) is 9.13 Å². The fourth-order valence-corrected chi connectivity index (χ4v) is 1.97. The number of nitrogens with two attached hydrogens (primary N) is 1. The molecule has 5 heteroatoms. The van der Waals surface area contributed by atoms with Crippen molar-refractivity contribution >= 4 is 16.7 Å². The molecule has 2 rings (SSSR count). The van der Waals surface area contributed by atoms with E-state index in [1.165, 1.54) is 0 Å². The van der Waals surface area contributed by atoms with Gasteiger partial charge in [-0.05, 0) is 19.9 Å². The SMILES string of the molecule is CC(C)Oc1cc(N)cc2c1n(C)c(=O)n2C. The Morgan fingerprint density at radius 2 is 1.88 bits per heavy atom. The van der Waals surface area contributed by atoms with Crippen molar-refractivity contribution in [3.8, 4) is 5.75 Å². The molecule has 0 unspecified atom stereocenters. The van der Waals surface area contributed by atoms with Crippen LogP contribution in [0.5, 0.6) is 5.75 Å². The molecule has 2 aromatic rings. The van der Waals surface area contributed by atoms with Crippen LogP contribution in [-0.4, -0.2) is 15.2 Å². The normalized spacial score (nSPS) is 11.4. The van der Waals surface area contributed by atoms with Gasteiger partial charge < -0.3 is 10.5 Å². The Morgan fingerprint density at radius 1 is 1.24 bits per heavy atom. The molecule has 2 N–H and O–H groups in total. The van der Waals surface area contributed by atoms with E-state index in [0.717, 1.165) is 11.0 Å². The number of aromatic nitrogens is 2. The molecule has 0 aliphatic heterocycles. The molecule has 0 saturated heterocycles. The number of ether oxygens (including phenoxy) is 1. The van der Waals surface area contributed by atoms with Crippen LogP contribution in [0.3, 0.4) is 0 Å². The predicted molar refractivity (Wildman–Crippen MR) is 68.3 cm³/mol. The molecule has 0 saturated carbocycles. The summed E-state index contributed by atoms with van der Waals surface area (Å²) in [5, 5.41) is 0. The zero-order valence-corrected chi connectivity index (χ0v) is 10.5. The molecule has 0 fully saturated rings. The van der Waals surface area contributed by atoms with Crippen molar-refractivity contribution in [3.05, 3.63) is 22.6 Å². The van der Waals surface area contributed by atoms with Crippen LogP contribution >= 0.6 is 0 Å². The van der Waals surface area contributed by atoms with Gasteiger partial charge in [0.2, 0.25) is 0 Å². The first-order valence-corrected chi connectivity index (χ1v) is 5.53. The van der Waals surface area contributed by atoms with Gasteiger partial charge >= 0.3 is 5.69 Å². The number of imidazole rings is 1. The Bertz CT molecular complexity index is 623. The van der Waals surface area contributed by atoms with Crippen LogP contribution in [0.2, 0.25) is 0 Å². The van der Waals surface area contributed by atoms with Crippen molar-refractivity contribution in [2.75, 3.05) is 5.73 Å². The van der Waals surface area contributed by atoms with E-state index in [-0.39, 0.29) is 11.8 Å². The lowest BCUT2D eigenvalue weighted by Crippen LogP contribution is -2.19. The predicted octanol–water partition coefficient (Wildman–Crippen LogP) is 1.25. The summed E-state index contributed by atoms with van der Waals surface area (Å²) >= 11 is 0. The minimum Gasteiger partial charge on any atom is -0.489 e. The van der Waals surface area contributed by atoms with Gasteiger partial charge in [-0.15, -0.1) is 0 Å². The Labute approximate surface area is 99.4 Å². The summed E-state index contributed by atoms with van der Waals surface area (Å²) in [5.41, 5.74) is 7.90. The third-order valence-corrected chi connectivity index (χ3v) is 2.71. The molecule has 0 bridgehead atoms. The molecular weight excluding hydrogens is 218 g/mol. The minimum absolute atomic E-state index is 0.0373. The Morgan fingerprint density at radius 3 is 2.47 bits per heavy atom. The summed E-state index contributed by atoms with van der Waals surface area (Å²) in [5.74, 6) is 0.648. The van der Waals surface area contributed by atoms with Gasteiger partial charge in [0.05, 0.1) is 11.6 Å². The topological polar surface area (TPSA) is 62.2 Å². The van der Waals surface area contributed by atoms with E-state index >= 15 is 0 Å². The van der Waals surface area contributed by atoms with Gasteiger partial charge in [-0.1, -0.05) is 0 Å². The molecule has 0 aliphatic rings. The van der Waals surface area contributed by atoms with Gasteiger partial charge in [-0.25, -0.2) is 4.79 Å². The van der Waals surface area contributed by atoms with E-state index in [2.05, 4.69) is 0 Å². The van der Waals surface area contributed by atoms with E-state index in [9.17, 15) is 4.79 Å². The van der Waals surface area contributed by atoms with Crippen LogP contribution < -0.4 is 16.2 Å². The highest BCUT2D eigenvalue weighted by molar-refractivity contribution is 5.86. The molecule has 17 heavy (non-hydrogen) atoms. The van der Waals surface area contributed by atoms with Crippen molar-refractivity contribution in [3.63, 3.8) is 0 Å². The van der Waals surface area contributed by atoms with Crippen molar-refractivity contribution in [2.24, 2.45) is 14.1 Å². The van der Waals surface area contributed by atoms with Gasteiger partial charge in [0, 0.05) is 25.8 Å². The number of fused-ring (bicyclic) bond motifs is 1. The second-order valence-corrected chi connectivity index (χ2v) is 4.45. The number of nitrogen functional groups attached to an aromatic ring is 1. The molecule has 0 amide bonds. The van der Waals surface area contributed by atoms with Gasteiger partial charge in [0.1, 0.15) is 11.3 Å². The van der Waals surface area contributed by atoms with E-state index in [1.54, 1.807) is 35.4 Å². The quantitative estimate of drug-likeness (QED) is 0.797. The lowest BCUT2D eigenvalue weighted by molar-refractivity contribution is 0.245. The summed E-state index contributed by atoms with van der Waals surface area (Å²) < 4.78 is 8.85. The fraction of sp³-hybridized carbons (Fsp3) is 0.417. The van der Waals surface area contributed by atoms with Crippen LogP contribution in [-0.2, 0) is 14.1 Å². The first kappa shape index (κ1) is 11.6. The fourth-order valence-electron chi connectivity index (χ4n) is 1.97. The first-order valence-electron chi connectivity index (χ1n) is 5.53. The molecule has 1 aromatic heterocycles. The standard InChI is InChI=1S/C12H17N3O2/c1-7(2)17-10-6-8(13)5-9-11(10)15(4)12(16)14(9)3/h5-7H,13H2,1-4H3. The summed E-state index contributed by atoms with van der Waals surface area (Å²) in [4.78, 5) is 11.9. The number of aryl methyl sites for hydroxylation is 2. The van der Waals surface area contributed by atoms with Crippen molar-refractivity contribution in [1.82, 2.24) is 9.13 Å². The molecule has 5 nitrogen and oxygen atoms in total. The van der Waals surface area contributed by atoms with E-state index < -0.39 is 0 Å². The van der Waals surface area contributed by atoms with E-state index in [4.69, 9.17) is 10.5 Å². The second-order valence-electron chi connectivity index (χ2n) is 4.45. The van der Waals surface area contributed by atoms with Gasteiger partial charge in [0.15, 0.2) is 0 Å². The molecule has 0 atom stereocenters. The number of benzene rings is 1. The number of anilines is 1. The molecule has 1 aromatic carbocycles.